The maximum Gasteiger partial charge on any atom is 0.228 e. The molecule has 0 spiro atoms. The molecule has 1 amide bonds. The van der Waals surface area contributed by atoms with Gasteiger partial charge in [-0.25, -0.2) is 0 Å². The van der Waals surface area contributed by atoms with Crippen LogP contribution in [0.2, 0.25) is 0 Å². The Kier molecular flexibility index (Phi) is 6.03. The first-order valence-electron chi connectivity index (χ1n) is 8.00. The third-order valence-corrected chi connectivity index (χ3v) is 4.57. The molecule has 0 unspecified atom stereocenters. The fourth-order valence-corrected chi connectivity index (χ4v) is 3.07. The third kappa shape index (κ3) is 4.17. The van der Waals surface area contributed by atoms with Crippen LogP contribution in [0.1, 0.15) is 24.9 Å². The lowest BCUT2D eigenvalue weighted by atomic mass is 10.1. The van der Waals surface area contributed by atoms with Crippen molar-refractivity contribution in [1.29, 1.82) is 0 Å². The number of benzene rings is 1. The number of hydrogen-bond donors (Lipinski definition) is 1. The van der Waals surface area contributed by atoms with Crippen molar-refractivity contribution in [3.8, 4) is 11.5 Å². The van der Waals surface area contributed by atoms with Crippen molar-refractivity contribution < 1.29 is 29.1 Å². The SMILES string of the molecule is COc1ccc([C@@H](C)[NH+]2CCN(C(=O)CC(=O)[O-])CC2)cc1OC. The Bertz CT molecular complexity index is 597. The van der Waals surface area contributed by atoms with Crippen LogP contribution in [-0.4, -0.2) is 57.2 Å². The summed E-state index contributed by atoms with van der Waals surface area (Å²) in [5.74, 6) is -0.300. The van der Waals surface area contributed by atoms with Gasteiger partial charge in [0.15, 0.2) is 11.5 Å². The molecule has 24 heavy (non-hydrogen) atoms. The number of quaternary nitrogens is 1. The molecule has 0 bridgehead atoms. The van der Waals surface area contributed by atoms with Crippen LogP contribution < -0.4 is 19.5 Å². The van der Waals surface area contributed by atoms with Crippen LogP contribution in [0.5, 0.6) is 11.5 Å². The fourth-order valence-electron chi connectivity index (χ4n) is 3.07. The number of piperazine rings is 1. The van der Waals surface area contributed by atoms with Crippen LogP contribution in [0.3, 0.4) is 0 Å². The van der Waals surface area contributed by atoms with Gasteiger partial charge in [0.25, 0.3) is 0 Å². The maximum absolute atomic E-state index is 11.8. The lowest BCUT2D eigenvalue weighted by molar-refractivity contribution is -0.933. The summed E-state index contributed by atoms with van der Waals surface area (Å²) in [4.78, 5) is 25.3. The molecule has 1 fully saturated rings. The highest BCUT2D eigenvalue weighted by molar-refractivity contribution is 5.92. The minimum atomic E-state index is -1.33. The van der Waals surface area contributed by atoms with Crippen molar-refractivity contribution in [2.75, 3.05) is 40.4 Å². The molecule has 1 aromatic carbocycles. The Morgan fingerprint density at radius 3 is 2.38 bits per heavy atom. The number of amides is 1. The van der Waals surface area contributed by atoms with Gasteiger partial charge >= 0.3 is 0 Å². The first-order valence-corrected chi connectivity index (χ1v) is 8.00. The van der Waals surface area contributed by atoms with E-state index < -0.39 is 12.4 Å². The van der Waals surface area contributed by atoms with Crippen molar-refractivity contribution >= 4 is 11.9 Å². The zero-order chi connectivity index (χ0) is 17.7. The van der Waals surface area contributed by atoms with Crippen LogP contribution in [0.4, 0.5) is 0 Å². The molecule has 1 atom stereocenters. The predicted molar refractivity (Wildman–Crippen MR) is 84.9 cm³/mol. The lowest BCUT2D eigenvalue weighted by Gasteiger charge is -2.35. The van der Waals surface area contributed by atoms with E-state index in [0.717, 1.165) is 18.7 Å². The molecule has 0 radical (unpaired) electrons. The number of rotatable bonds is 6. The highest BCUT2D eigenvalue weighted by Gasteiger charge is 2.28. The maximum atomic E-state index is 11.8. The molecule has 1 N–H and O–H groups in total. The van der Waals surface area contributed by atoms with Gasteiger partial charge in [-0.15, -0.1) is 0 Å². The van der Waals surface area contributed by atoms with Crippen molar-refractivity contribution in [1.82, 2.24) is 4.90 Å². The fraction of sp³-hybridized carbons (Fsp3) is 0.529. The number of carbonyl (C=O) groups is 2. The van der Waals surface area contributed by atoms with Crippen molar-refractivity contribution in [2.45, 2.75) is 19.4 Å². The largest absolute Gasteiger partial charge is 0.550 e. The number of carboxylic acid groups (broad SMARTS) is 1. The summed E-state index contributed by atoms with van der Waals surface area (Å²) in [6.45, 7) is 4.79. The van der Waals surface area contributed by atoms with Crippen LogP contribution in [-0.2, 0) is 9.59 Å². The van der Waals surface area contributed by atoms with Gasteiger partial charge in [-0.1, -0.05) is 0 Å². The molecule has 0 aromatic heterocycles. The molecule has 0 saturated carbocycles. The van der Waals surface area contributed by atoms with Gasteiger partial charge in [0.05, 0.1) is 52.8 Å². The number of hydrogen-bond acceptors (Lipinski definition) is 5. The van der Waals surface area contributed by atoms with E-state index in [0.29, 0.717) is 24.6 Å². The van der Waals surface area contributed by atoms with E-state index in [1.807, 2.05) is 18.2 Å². The van der Waals surface area contributed by atoms with Crippen LogP contribution >= 0.6 is 0 Å². The topological polar surface area (TPSA) is 83.3 Å². The first-order chi connectivity index (χ1) is 11.5. The zero-order valence-electron chi connectivity index (χ0n) is 14.3. The standard InChI is InChI=1S/C17H24N2O5/c1-12(13-4-5-14(23-2)15(10-13)24-3)18-6-8-19(9-7-18)16(20)11-17(21)22/h4-5,10,12H,6-9,11H2,1-3H3,(H,21,22)/t12-/m1/s1. The molecular formula is C17H24N2O5. The molecule has 7 heteroatoms. The summed E-state index contributed by atoms with van der Waals surface area (Å²) < 4.78 is 10.6. The molecule has 132 valence electrons. The Hall–Kier alpha value is -2.28. The molecule has 1 aliphatic rings. The predicted octanol–water partition coefficient (Wildman–Crippen LogP) is -1.37. The quantitative estimate of drug-likeness (QED) is 0.648. The Morgan fingerprint density at radius 2 is 1.83 bits per heavy atom. The summed E-state index contributed by atoms with van der Waals surface area (Å²) >= 11 is 0. The summed E-state index contributed by atoms with van der Waals surface area (Å²) in [7, 11) is 3.22. The first kappa shape index (κ1) is 18.1. The molecule has 2 rings (SSSR count). The van der Waals surface area contributed by atoms with Gasteiger partial charge in [0, 0.05) is 5.56 Å². The summed E-state index contributed by atoms with van der Waals surface area (Å²) in [5.41, 5.74) is 1.14. The second kappa shape index (κ2) is 8.01. The summed E-state index contributed by atoms with van der Waals surface area (Å²) in [6, 6.07) is 6.13. The number of carbonyl (C=O) groups excluding carboxylic acids is 2. The highest BCUT2D eigenvalue weighted by Crippen LogP contribution is 2.29. The van der Waals surface area contributed by atoms with E-state index in [1.165, 1.54) is 4.90 Å². The van der Waals surface area contributed by atoms with E-state index in [-0.39, 0.29) is 11.9 Å². The number of methoxy groups -OCH3 is 2. The van der Waals surface area contributed by atoms with E-state index in [9.17, 15) is 14.7 Å². The Morgan fingerprint density at radius 1 is 1.21 bits per heavy atom. The van der Waals surface area contributed by atoms with E-state index in [1.54, 1.807) is 19.1 Å². The summed E-state index contributed by atoms with van der Waals surface area (Å²) in [6.07, 6.45) is -0.541. The van der Waals surface area contributed by atoms with Crippen LogP contribution in [0.25, 0.3) is 0 Å². The van der Waals surface area contributed by atoms with Gasteiger partial charge in [0.1, 0.15) is 6.04 Å². The van der Waals surface area contributed by atoms with Gasteiger partial charge in [-0.3, -0.25) is 4.79 Å². The number of carboxylic acids is 1. The average Bonchev–Trinajstić information content (AvgIpc) is 2.60. The monoisotopic (exact) mass is 336 g/mol. The van der Waals surface area contributed by atoms with Gasteiger partial charge in [-0.2, -0.15) is 0 Å². The molecular weight excluding hydrogens is 312 g/mol. The smallest absolute Gasteiger partial charge is 0.228 e. The summed E-state index contributed by atoms with van der Waals surface area (Å²) in [5, 5.41) is 10.5. The van der Waals surface area contributed by atoms with E-state index in [4.69, 9.17) is 9.47 Å². The highest BCUT2D eigenvalue weighted by atomic mass is 16.5. The second-order valence-electron chi connectivity index (χ2n) is 5.92. The van der Waals surface area contributed by atoms with Crippen molar-refractivity contribution in [3.05, 3.63) is 23.8 Å². The average molecular weight is 336 g/mol. The van der Waals surface area contributed by atoms with E-state index >= 15 is 0 Å². The number of nitrogens with zero attached hydrogens (tertiary/aromatic N) is 1. The van der Waals surface area contributed by atoms with Gasteiger partial charge in [-0.05, 0) is 25.1 Å². The van der Waals surface area contributed by atoms with Gasteiger partial charge in [0.2, 0.25) is 5.91 Å². The Labute approximate surface area is 141 Å². The molecule has 0 aliphatic carbocycles. The molecule has 7 nitrogen and oxygen atoms in total. The normalized spacial score (nSPS) is 16.5. The minimum Gasteiger partial charge on any atom is -0.550 e. The second-order valence-corrected chi connectivity index (χ2v) is 5.92. The van der Waals surface area contributed by atoms with Crippen LogP contribution in [0, 0.1) is 0 Å². The molecule has 1 aliphatic heterocycles. The number of aliphatic carboxylic acids is 1. The third-order valence-electron chi connectivity index (χ3n) is 4.57. The van der Waals surface area contributed by atoms with Crippen molar-refractivity contribution in [3.63, 3.8) is 0 Å². The molecule has 1 saturated heterocycles. The number of nitrogens with one attached hydrogen (secondary N) is 1. The molecule has 1 heterocycles. The van der Waals surface area contributed by atoms with Gasteiger partial charge < -0.3 is 29.2 Å². The van der Waals surface area contributed by atoms with E-state index in [2.05, 4.69) is 6.92 Å². The zero-order valence-corrected chi connectivity index (χ0v) is 14.3. The minimum absolute atomic E-state index is 0.239. The van der Waals surface area contributed by atoms with Crippen LogP contribution in [0.15, 0.2) is 18.2 Å². The number of ether oxygens (including phenoxy) is 2. The molecule has 1 aromatic rings. The van der Waals surface area contributed by atoms with Crippen molar-refractivity contribution in [2.24, 2.45) is 0 Å². The lowest BCUT2D eigenvalue weighted by Crippen LogP contribution is -3.14. The Balaban J connectivity index is 1.99.